The molecule has 2 fully saturated rings. The van der Waals surface area contributed by atoms with Gasteiger partial charge in [0.2, 0.25) is 0 Å². The number of methoxy groups -OCH3 is 1. The number of hydrogen-bond acceptors (Lipinski definition) is 9. The van der Waals surface area contributed by atoms with E-state index in [4.69, 9.17) is 4.74 Å². The first-order valence-electron chi connectivity index (χ1n) is 11.4. The lowest BCUT2D eigenvalue weighted by Gasteiger charge is -2.53. The van der Waals surface area contributed by atoms with Crippen LogP contribution in [0.3, 0.4) is 0 Å². The number of nitrogens with one attached hydrogen (secondary N) is 1. The SMILES string of the molecule is C=N/C(=C\SCNc1ccc(C(=O)N2CC3(CCN(C(=O)OC)CC3)C2)cn1)c1sc(C)nc1C. The summed E-state index contributed by atoms with van der Waals surface area (Å²) < 4.78 is 4.80. The van der Waals surface area contributed by atoms with Crippen LogP contribution in [-0.2, 0) is 4.74 Å². The molecule has 1 spiro atoms. The highest BCUT2D eigenvalue weighted by molar-refractivity contribution is 8.02. The molecule has 2 amide bonds. The molecule has 0 aliphatic carbocycles. The number of carbonyl (C=O) groups is 2. The zero-order chi connectivity index (χ0) is 25.0. The van der Waals surface area contributed by atoms with Gasteiger partial charge in [-0.05, 0) is 50.9 Å². The highest BCUT2D eigenvalue weighted by Gasteiger charge is 2.47. The maximum Gasteiger partial charge on any atom is 0.409 e. The summed E-state index contributed by atoms with van der Waals surface area (Å²) in [5, 5.41) is 6.22. The number of aliphatic imine (C=N–C) groups is 1. The smallest absolute Gasteiger partial charge is 0.409 e. The highest BCUT2D eigenvalue weighted by atomic mass is 32.2. The predicted molar refractivity (Wildman–Crippen MR) is 141 cm³/mol. The predicted octanol–water partition coefficient (Wildman–Crippen LogP) is 4.26. The van der Waals surface area contributed by atoms with Gasteiger partial charge in [-0.15, -0.1) is 23.1 Å². The number of carbonyl (C=O) groups excluding carboxylic acids is 2. The molecule has 2 aromatic heterocycles. The lowest BCUT2D eigenvalue weighted by atomic mass is 9.72. The number of thiazole rings is 1. The number of amides is 2. The van der Waals surface area contributed by atoms with Crippen LogP contribution in [0.4, 0.5) is 10.6 Å². The lowest BCUT2D eigenvalue weighted by molar-refractivity contribution is -0.0302. The second-order valence-corrected chi connectivity index (χ2v) is 10.9. The average molecular weight is 515 g/mol. The number of thioether (sulfide) groups is 1. The van der Waals surface area contributed by atoms with Crippen molar-refractivity contribution in [3.63, 3.8) is 0 Å². The lowest BCUT2D eigenvalue weighted by Crippen LogP contribution is -2.62. The van der Waals surface area contributed by atoms with E-state index in [1.165, 1.54) is 7.11 Å². The van der Waals surface area contributed by atoms with Crippen LogP contribution in [0.5, 0.6) is 0 Å². The van der Waals surface area contributed by atoms with E-state index in [0.717, 1.165) is 47.2 Å². The summed E-state index contributed by atoms with van der Waals surface area (Å²) in [5.41, 5.74) is 2.48. The van der Waals surface area contributed by atoms with Crippen molar-refractivity contribution >= 4 is 53.3 Å². The molecule has 186 valence electrons. The van der Waals surface area contributed by atoms with Gasteiger partial charge in [0.15, 0.2) is 0 Å². The van der Waals surface area contributed by atoms with Gasteiger partial charge in [0.1, 0.15) is 5.82 Å². The van der Waals surface area contributed by atoms with Gasteiger partial charge in [-0.25, -0.2) is 14.8 Å². The standard InChI is InChI=1S/C24H30N6O3S2/c1-16-21(35-17(2)28-16)19(25-3)12-34-15-27-20-6-5-18(11-26-20)22(31)30-13-24(14-30)7-9-29(10-8-24)23(32)33-4/h5-6,11-12H,3,7-10,13-15H2,1-2,4H3,(H,26,27)/b19-12-. The molecule has 4 heterocycles. The Morgan fingerprint density at radius 2 is 2.03 bits per heavy atom. The first-order chi connectivity index (χ1) is 16.8. The Balaban J connectivity index is 1.23. The van der Waals surface area contributed by atoms with Crippen LogP contribution >= 0.6 is 23.1 Å². The minimum absolute atomic E-state index is 0.000648. The van der Waals surface area contributed by atoms with Crippen molar-refractivity contribution in [3.8, 4) is 0 Å². The summed E-state index contributed by atoms with van der Waals surface area (Å²) >= 11 is 3.17. The molecule has 11 heteroatoms. The van der Waals surface area contributed by atoms with E-state index in [-0.39, 0.29) is 17.4 Å². The monoisotopic (exact) mass is 514 g/mol. The Morgan fingerprint density at radius 1 is 1.29 bits per heavy atom. The molecule has 0 atom stereocenters. The Hall–Kier alpha value is -2.92. The summed E-state index contributed by atoms with van der Waals surface area (Å²) in [5.74, 6) is 1.31. The van der Waals surface area contributed by atoms with Crippen molar-refractivity contribution in [1.29, 1.82) is 0 Å². The van der Waals surface area contributed by atoms with E-state index >= 15 is 0 Å². The van der Waals surface area contributed by atoms with Gasteiger partial charge >= 0.3 is 6.09 Å². The quantitative estimate of drug-likeness (QED) is 0.335. The van der Waals surface area contributed by atoms with Crippen molar-refractivity contribution in [2.24, 2.45) is 10.4 Å². The molecule has 2 saturated heterocycles. The molecule has 35 heavy (non-hydrogen) atoms. The number of piperidine rings is 1. The Morgan fingerprint density at radius 3 is 2.60 bits per heavy atom. The van der Waals surface area contributed by atoms with Gasteiger partial charge in [-0.1, -0.05) is 0 Å². The van der Waals surface area contributed by atoms with Crippen molar-refractivity contribution in [2.75, 3.05) is 44.5 Å². The van der Waals surface area contributed by atoms with E-state index in [2.05, 4.69) is 27.0 Å². The van der Waals surface area contributed by atoms with Crippen molar-refractivity contribution in [3.05, 3.63) is 44.9 Å². The summed E-state index contributed by atoms with van der Waals surface area (Å²) in [6.45, 7) is 10.4. The fraction of sp³-hybridized carbons (Fsp3) is 0.458. The minimum atomic E-state index is -0.274. The van der Waals surface area contributed by atoms with Gasteiger partial charge < -0.3 is 19.9 Å². The number of ether oxygens (including phenoxy) is 1. The van der Waals surface area contributed by atoms with Gasteiger partial charge in [-0.2, -0.15) is 0 Å². The Labute approximate surface area is 213 Å². The molecule has 1 N–H and O–H groups in total. The van der Waals surface area contributed by atoms with Crippen LogP contribution in [0.25, 0.3) is 5.70 Å². The first-order valence-corrected chi connectivity index (χ1v) is 13.3. The number of rotatable bonds is 7. The molecular weight excluding hydrogens is 484 g/mol. The molecule has 2 aromatic rings. The van der Waals surface area contributed by atoms with Crippen LogP contribution in [-0.4, -0.2) is 77.7 Å². The summed E-state index contributed by atoms with van der Waals surface area (Å²) in [6, 6.07) is 3.63. The van der Waals surface area contributed by atoms with E-state index < -0.39 is 0 Å². The van der Waals surface area contributed by atoms with Crippen LogP contribution < -0.4 is 5.32 Å². The van der Waals surface area contributed by atoms with Gasteiger partial charge in [-0.3, -0.25) is 9.79 Å². The maximum atomic E-state index is 12.9. The maximum absolute atomic E-state index is 12.9. The number of aromatic nitrogens is 2. The molecule has 0 aromatic carbocycles. The average Bonchev–Trinajstić information content (AvgIpc) is 3.19. The van der Waals surface area contributed by atoms with E-state index in [9.17, 15) is 9.59 Å². The minimum Gasteiger partial charge on any atom is -0.453 e. The third-order valence-corrected chi connectivity index (χ3v) is 8.24. The second-order valence-electron chi connectivity index (χ2n) is 8.85. The third kappa shape index (κ3) is 5.67. The first kappa shape index (κ1) is 25.2. The van der Waals surface area contributed by atoms with Crippen molar-refractivity contribution in [1.82, 2.24) is 19.8 Å². The van der Waals surface area contributed by atoms with Crippen LogP contribution in [0.2, 0.25) is 0 Å². The largest absolute Gasteiger partial charge is 0.453 e. The number of anilines is 1. The van der Waals surface area contributed by atoms with E-state index in [1.54, 1.807) is 34.2 Å². The number of likely N-dealkylation sites (tertiary alicyclic amines) is 2. The molecule has 2 aliphatic rings. The third-order valence-electron chi connectivity index (χ3n) is 6.45. The van der Waals surface area contributed by atoms with Crippen molar-refractivity contribution < 1.29 is 14.3 Å². The molecule has 0 saturated carbocycles. The fourth-order valence-electron chi connectivity index (χ4n) is 4.49. The van der Waals surface area contributed by atoms with Crippen LogP contribution in [0.15, 0.2) is 28.7 Å². The zero-order valence-corrected chi connectivity index (χ0v) is 21.9. The Bertz CT molecular complexity index is 1110. The number of aryl methyl sites for hydroxylation is 2. The summed E-state index contributed by atoms with van der Waals surface area (Å²) in [6.07, 6.45) is 3.13. The van der Waals surface area contributed by atoms with Crippen LogP contribution in [0.1, 0.15) is 38.8 Å². The molecule has 0 unspecified atom stereocenters. The summed E-state index contributed by atoms with van der Waals surface area (Å²) in [7, 11) is 1.41. The van der Waals surface area contributed by atoms with Gasteiger partial charge in [0, 0.05) is 37.8 Å². The molecule has 4 rings (SSSR count). The van der Waals surface area contributed by atoms with Crippen molar-refractivity contribution in [2.45, 2.75) is 26.7 Å². The van der Waals surface area contributed by atoms with E-state index in [0.29, 0.717) is 30.3 Å². The second kappa shape index (κ2) is 10.8. The fourth-order valence-corrected chi connectivity index (χ4v) is 6.13. The van der Waals surface area contributed by atoms with Gasteiger partial charge in [0.25, 0.3) is 5.91 Å². The number of nitrogens with zero attached hydrogens (tertiary/aromatic N) is 5. The zero-order valence-electron chi connectivity index (χ0n) is 20.2. The Kier molecular flexibility index (Phi) is 7.75. The summed E-state index contributed by atoms with van der Waals surface area (Å²) in [4.78, 5) is 42.2. The molecule has 9 nitrogen and oxygen atoms in total. The number of hydrogen-bond donors (Lipinski definition) is 1. The normalized spacial score (nSPS) is 17.2. The van der Waals surface area contributed by atoms with E-state index in [1.807, 2.05) is 36.3 Å². The molecule has 2 aliphatic heterocycles. The van der Waals surface area contributed by atoms with Crippen LogP contribution in [0, 0.1) is 19.3 Å². The number of pyridine rings is 1. The molecule has 0 bridgehead atoms. The van der Waals surface area contributed by atoms with Gasteiger partial charge in [0.05, 0.1) is 39.8 Å². The molecular formula is C24H30N6O3S2. The molecule has 0 radical (unpaired) electrons. The highest BCUT2D eigenvalue weighted by Crippen LogP contribution is 2.41. The topological polar surface area (TPSA) is 100 Å².